The largest absolute Gasteiger partial charge is 0.478 e. The highest BCUT2D eigenvalue weighted by Gasteiger charge is 2.09. The summed E-state index contributed by atoms with van der Waals surface area (Å²) in [7, 11) is 0. The first-order valence-electron chi connectivity index (χ1n) is 5.70. The molecule has 2 aromatic carbocycles. The SMILES string of the molecule is Nc1cc2nn(-c3cccc(C(=O)O)c3)nc2cc1Cl. The van der Waals surface area contributed by atoms with Crippen LogP contribution in [0.4, 0.5) is 5.69 Å². The summed E-state index contributed by atoms with van der Waals surface area (Å²) in [6.45, 7) is 0. The van der Waals surface area contributed by atoms with Gasteiger partial charge in [-0.1, -0.05) is 17.7 Å². The van der Waals surface area contributed by atoms with Gasteiger partial charge in [-0.2, -0.15) is 4.80 Å². The number of benzene rings is 2. The first-order valence-corrected chi connectivity index (χ1v) is 6.08. The molecular weight excluding hydrogens is 280 g/mol. The van der Waals surface area contributed by atoms with Crippen LogP contribution in [0.25, 0.3) is 16.7 Å². The monoisotopic (exact) mass is 288 g/mol. The lowest BCUT2D eigenvalue weighted by Crippen LogP contribution is -2.02. The fraction of sp³-hybridized carbons (Fsp3) is 0. The number of nitrogens with zero attached hydrogens (tertiary/aromatic N) is 3. The highest BCUT2D eigenvalue weighted by molar-refractivity contribution is 6.33. The molecule has 0 atom stereocenters. The van der Waals surface area contributed by atoms with Crippen LogP contribution in [0.1, 0.15) is 10.4 Å². The second-order valence-electron chi connectivity index (χ2n) is 4.21. The second-order valence-corrected chi connectivity index (χ2v) is 4.61. The average Bonchev–Trinajstić information content (AvgIpc) is 2.82. The predicted octanol–water partition coefficient (Wildman–Crippen LogP) is 2.35. The highest BCUT2D eigenvalue weighted by Crippen LogP contribution is 2.24. The van der Waals surface area contributed by atoms with E-state index in [9.17, 15) is 4.79 Å². The molecule has 0 saturated heterocycles. The molecule has 0 radical (unpaired) electrons. The standard InChI is InChI=1S/C13H9ClN4O2/c14-9-5-11-12(6-10(9)15)17-18(16-11)8-3-1-2-7(4-8)13(19)20/h1-6H,15H2,(H,19,20). The highest BCUT2D eigenvalue weighted by atomic mass is 35.5. The minimum absolute atomic E-state index is 0.168. The molecular formula is C13H9ClN4O2. The van der Waals surface area contributed by atoms with E-state index in [1.807, 2.05) is 0 Å². The number of hydrogen-bond acceptors (Lipinski definition) is 4. The zero-order valence-electron chi connectivity index (χ0n) is 10.1. The van der Waals surface area contributed by atoms with Crippen molar-refractivity contribution < 1.29 is 9.90 Å². The van der Waals surface area contributed by atoms with Gasteiger partial charge in [0.25, 0.3) is 0 Å². The second kappa shape index (κ2) is 4.50. The van der Waals surface area contributed by atoms with Gasteiger partial charge in [-0.25, -0.2) is 4.79 Å². The van der Waals surface area contributed by atoms with Crippen molar-refractivity contribution in [2.45, 2.75) is 0 Å². The zero-order chi connectivity index (χ0) is 14.3. The maximum atomic E-state index is 11.0. The molecule has 1 aromatic heterocycles. The van der Waals surface area contributed by atoms with E-state index in [1.54, 1.807) is 24.3 Å². The predicted molar refractivity (Wildman–Crippen MR) is 75.2 cm³/mol. The number of nitrogen functional groups attached to an aromatic ring is 1. The van der Waals surface area contributed by atoms with Crippen LogP contribution >= 0.6 is 11.6 Å². The van der Waals surface area contributed by atoms with Crippen LogP contribution in [0.5, 0.6) is 0 Å². The Balaban J connectivity index is 2.15. The third-order valence-electron chi connectivity index (χ3n) is 2.82. The van der Waals surface area contributed by atoms with E-state index in [0.717, 1.165) is 0 Å². The van der Waals surface area contributed by atoms with Crippen molar-refractivity contribution in [1.29, 1.82) is 0 Å². The van der Waals surface area contributed by atoms with Crippen LogP contribution in [0.3, 0.4) is 0 Å². The minimum Gasteiger partial charge on any atom is -0.478 e. The van der Waals surface area contributed by atoms with E-state index in [0.29, 0.717) is 27.4 Å². The Morgan fingerprint density at radius 3 is 2.60 bits per heavy atom. The molecule has 7 heteroatoms. The molecule has 0 fully saturated rings. The maximum Gasteiger partial charge on any atom is 0.335 e. The van der Waals surface area contributed by atoms with Crippen molar-refractivity contribution in [2.24, 2.45) is 0 Å². The molecule has 3 N–H and O–H groups in total. The number of carboxylic acid groups (broad SMARTS) is 1. The van der Waals surface area contributed by atoms with E-state index in [1.165, 1.54) is 16.9 Å². The summed E-state index contributed by atoms with van der Waals surface area (Å²) >= 11 is 5.93. The van der Waals surface area contributed by atoms with Gasteiger partial charge in [0.2, 0.25) is 0 Å². The van der Waals surface area contributed by atoms with Crippen molar-refractivity contribution in [1.82, 2.24) is 15.0 Å². The van der Waals surface area contributed by atoms with Crippen LogP contribution in [-0.2, 0) is 0 Å². The van der Waals surface area contributed by atoms with E-state index >= 15 is 0 Å². The quantitative estimate of drug-likeness (QED) is 0.706. The Morgan fingerprint density at radius 2 is 1.90 bits per heavy atom. The van der Waals surface area contributed by atoms with Gasteiger partial charge in [0.1, 0.15) is 11.0 Å². The van der Waals surface area contributed by atoms with E-state index in [4.69, 9.17) is 22.4 Å². The molecule has 6 nitrogen and oxygen atoms in total. The molecule has 1 heterocycles. The lowest BCUT2D eigenvalue weighted by Gasteiger charge is -2.00. The van der Waals surface area contributed by atoms with Gasteiger partial charge >= 0.3 is 5.97 Å². The first kappa shape index (κ1) is 12.4. The van der Waals surface area contributed by atoms with Crippen molar-refractivity contribution >= 4 is 34.3 Å². The topological polar surface area (TPSA) is 94.0 Å². The zero-order valence-corrected chi connectivity index (χ0v) is 10.9. The summed E-state index contributed by atoms with van der Waals surface area (Å²) in [6, 6.07) is 9.60. The summed E-state index contributed by atoms with van der Waals surface area (Å²) in [5, 5.41) is 17.9. The molecule has 0 bridgehead atoms. The smallest absolute Gasteiger partial charge is 0.335 e. The molecule has 0 amide bonds. The average molecular weight is 289 g/mol. The van der Waals surface area contributed by atoms with Crippen molar-refractivity contribution in [3.63, 3.8) is 0 Å². The van der Waals surface area contributed by atoms with Gasteiger partial charge in [0.05, 0.1) is 22.0 Å². The van der Waals surface area contributed by atoms with Crippen molar-refractivity contribution in [3.8, 4) is 5.69 Å². The summed E-state index contributed by atoms with van der Waals surface area (Å²) < 4.78 is 0. The third kappa shape index (κ3) is 2.06. The summed E-state index contributed by atoms with van der Waals surface area (Å²) in [4.78, 5) is 12.3. The Bertz CT molecular complexity index is 789. The molecule has 3 rings (SSSR count). The van der Waals surface area contributed by atoms with Crippen LogP contribution in [-0.4, -0.2) is 26.1 Å². The number of anilines is 1. The molecule has 0 saturated carbocycles. The van der Waals surface area contributed by atoms with Crippen molar-refractivity contribution in [3.05, 3.63) is 47.0 Å². The number of carbonyl (C=O) groups is 1. The molecule has 0 aliphatic heterocycles. The van der Waals surface area contributed by atoms with Gasteiger partial charge in [-0.15, -0.1) is 10.2 Å². The molecule has 0 spiro atoms. The Kier molecular flexibility index (Phi) is 2.80. The lowest BCUT2D eigenvalue weighted by atomic mass is 10.2. The number of halogens is 1. The number of nitrogens with two attached hydrogens (primary N) is 1. The van der Waals surface area contributed by atoms with E-state index in [-0.39, 0.29) is 5.56 Å². The number of hydrogen-bond donors (Lipinski definition) is 2. The Morgan fingerprint density at radius 1 is 1.20 bits per heavy atom. The van der Waals surface area contributed by atoms with E-state index in [2.05, 4.69) is 10.2 Å². The number of carboxylic acids is 1. The van der Waals surface area contributed by atoms with Gasteiger partial charge in [0.15, 0.2) is 0 Å². The number of aromatic carboxylic acids is 1. The molecule has 0 aliphatic carbocycles. The first-order chi connectivity index (χ1) is 9.54. The van der Waals surface area contributed by atoms with Gasteiger partial charge < -0.3 is 10.8 Å². The third-order valence-corrected chi connectivity index (χ3v) is 3.15. The van der Waals surface area contributed by atoms with E-state index < -0.39 is 5.97 Å². The van der Waals surface area contributed by atoms with Crippen molar-refractivity contribution in [2.75, 3.05) is 5.73 Å². The molecule has 0 aliphatic rings. The summed E-state index contributed by atoms with van der Waals surface area (Å²) in [5.41, 5.74) is 8.03. The Labute approximate surface area is 118 Å². The molecule has 3 aromatic rings. The molecule has 100 valence electrons. The van der Waals surface area contributed by atoms with Gasteiger partial charge in [-0.3, -0.25) is 0 Å². The fourth-order valence-corrected chi connectivity index (χ4v) is 1.99. The lowest BCUT2D eigenvalue weighted by molar-refractivity contribution is 0.0697. The maximum absolute atomic E-state index is 11.0. The number of fused-ring (bicyclic) bond motifs is 1. The van der Waals surface area contributed by atoms with Gasteiger partial charge in [0, 0.05) is 0 Å². The molecule has 20 heavy (non-hydrogen) atoms. The Hall–Kier alpha value is -2.60. The molecule has 0 unspecified atom stereocenters. The van der Waals surface area contributed by atoms with Crippen LogP contribution in [0, 0.1) is 0 Å². The van der Waals surface area contributed by atoms with Crippen LogP contribution < -0.4 is 5.73 Å². The van der Waals surface area contributed by atoms with Crippen LogP contribution in [0.15, 0.2) is 36.4 Å². The number of rotatable bonds is 2. The van der Waals surface area contributed by atoms with Gasteiger partial charge in [-0.05, 0) is 30.3 Å². The van der Waals surface area contributed by atoms with Crippen LogP contribution in [0.2, 0.25) is 5.02 Å². The summed E-state index contributed by atoms with van der Waals surface area (Å²) in [5.74, 6) is -1.00. The minimum atomic E-state index is -1.00. The number of aromatic nitrogens is 3. The fourth-order valence-electron chi connectivity index (χ4n) is 1.83. The normalized spacial score (nSPS) is 10.8. The summed E-state index contributed by atoms with van der Waals surface area (Å²) in [6.07, 6.45) is 0.